The zero-order valence-corrected chi connectivity index (χ0v) is 3.87. The second kappa shape index (κ2) is 3.46. The van der Waals surface area contributed by atoms with Crippen LogP contribution in [0.2, 0.25) is 0 Å². The van der Waals surface area contributed by atoms with Crippen LogP contribution >= 0.6 is 0 Å². The lowest BCUT2D eigenvalue weighted by Gasteiger charge is -1.86. The molecule has 0 atom stereocenters. The van der Waals surface area contributed by atoms with Gasteiger partial charge in [-0.3, -0.25) is 0 Å². The Labute approximate surface area is 43.8 Å². The van der Waals surface area contributed by atoms with E-state index in [2.05, 4.69) is 0 Å². The van der Waals surface area contributed by atoms with Gasteiger partial charge in [-0.15, -0.1) is 0 Å². The summed E-state index contributed by atoms with van der Waals surface area (Å²) in [6.45, 7) is 0. The molecule has 0 spiro atoms. The van der Waals surface area contributed by atoms with Crippen molar-refractivity contribution in [1.29, 1.82) is 0 Å². The molecule has 4 heteroatoms. The molecule has 0 rings (SSSR count). The molecule has 0 bridgehead atoms. The van der Waals surface area contributed by atoms with Crippen LogP contribution < -0.4 is 0 Å². The summed E-state index contributed by atoms with van der Waals surface area (Å²) in [5.74, 6) is 0. The van der Waals surface area contributed by atoms with E-state index in [1.807, 2.05) is 0 Å². The van der Waals surface area contributed by atoms with E-state index in [0.29, 0.717) is 0 Å². The zero-order valence-electron chi connectivity index (χ0n) is 3.87. The summed E-state index contributed by atoms with van der Waals surface area (Å²) in [5.41, 5.74) is 0. The molecule has 0 aliphatic carbocycles. The van der Waals surface area contributed by atoms with Crippen LogP contribution in [0.25, 0.3) is 0 Å². The van der Waals surface area contributed by atoms with Crippen LogP contribution in [-0.4, -0.2) is 6.43 Å². The van der Waals surface area contributed by atoms with Gasteiger partial charge in [-0.1, -0.05) is 0 Å². The number of alkyl halides is 2. The van der Waals surface area contributed by atoms with Crippen molar-refractivity contribution in [3.8, 4) is 0 Å². The van der Waals surface area contributed by atoms with E-state index in [1.165, 1.54) is 0 Å². The molecule has 0 heterocycles. The standard InChI is InChI=1S/C4H4F4/c5-3(6)1-2-4(7)8/h1,4H,2H2. The van der Waals surface area contributed by atoms with Crippen LogP contribution in [-0.2, 0) is 0 Å². The van der Waals surface area contributed by atoms with Crippen LogP contribution in [0.1, 0.15) is 6.42 Å². The molecule has 0 aromatic carbocycles. The van der Waals surface area contributed by atoms with Crippen LogP contribution in [0, 0.1) is 0 Å². The van der Waals surface area contributed by atoms with Crippen molar-refractivity contribution in [2.45, 2.75) is 12.8 Å². The van der Waals surface area contributed by atoms with Crippen LogP contribution in [0.15, 0.2) is 12.2 Å². The Kier molecular flexibility index (Phi) is 3.23. The Morgan fingerprint density at radius 3 is 2.00 bits per heavy atom. The molecular formula is C4H4F4. The first kappa shape index (κ1) is 7.46. The molecule has 0 N–H and O–H groups in total. The van der Waals surface area contributed by atoms with Gasteiger partial charge in [0.2, 0.25) is 6.43 Å². The lowest BCUT2D eigenvalue weighted by atomic mass is 10.4. The Hall–Kier alpha value is -0.540. The van der Waals surface area contributed by atoms with Crippen molar-refractivity contribution in [2.24, 2.45) is 0 Å². The van der Waals surface area contributed by atoms with Gasteiger partial charge in [-0.25, -0.2) is 8.78 Å². The highest BCUT2D eigenvalue weighted by atomic mass is 19.3. The van der Waals surface area contributed by atoms with E-state index >= 15 is 0 Å². The third-order valence-corrected chi connectivity index (χ3v) is 0.450. The van der Waals surface area contributed by atoms with Gasteiger partial charge in [-0.2, -0.15) is 8.78 Å². The van der Waals surface area contributed by atoms with E-state index in [-0.39, 0.29) is 6.08 Å². The fraction of sp³-hybridized carbons (Fsp3) is 0.500. The van der Waals surface area contributed by atoms with Gasteiger partial charge < -0.3 is 0 Å². The number of halogens is 4. The molecule has 0 radical (unpaired) electrons. The van der Waals surface area contributed by atoms with Gasteiger partial charge >= 0.3 is 0 Å². The molecule has 0 aliphatic rings. The molecule has 0 nitrogen and oxygen atoms in total. The van der Waals surface area contributed by atoms with Crippen LogP contribution in [0.4, 0.5) is 17.6 Å². The number of hydrogen-bond donors (Lipinski definition) is 0. The molecule has 0 amide bonds. The predicted molar refractivity (Wildman–Crippen MR) is 20.9 cm³/mol. The minimum Gasteiger partial charge on any atom is -0.210 e. The average Bonchev–Trinajstić information content (AvgIpc) is 1.61. The summed E-state index contributed by atoms with van der Waals surface area (Å²) in [4.78, 5) is 0. The fourth-order valence-corrected chi connectivity index (χ4v) is 0.178. The summed E-state index contributed by atoms with van der Waals surface area (Å²) in [6.07, 6.45) is -5.38. The topological polar surface area (TPSA) is 0 Å². The minimum absolute atomic E-state index is 0.199. The summed E-state index contributed by atoms with van der Waals surface area (Å²) in [5, 5.41) is 0. The van der Waals surface area contributed by atoms with Gasteiger partial charge in [0, 0.05) is 6.42 Å². The predicted octanol–water partition coefficient (Wildman–Crippen LogP) is 2.42. The number of rotatable bonds is 2. The molecule has 48 valence electrons. The molecule has 0 aliphatic heterocycles. The van der Waals surface area contributed by atoms with Crippen molar-refractivity contribution in [3.63, 3.8) is 0 Å². The third-order valence-electron chi connectivity index (χ3n) is 0.450. The molecule has 0 aromatic rings. The Bertz CT molecular complexity index is 82.0. The van der Waals surface area contributed by atoms with Crippen molar-refractivity contribution >= 4 is 0 Å². The first-order valence-corrected chi connectivity index (χ1v) is 1.92. The maximum absolute atomic E-state index is 11.0. The highest BCUT2D eigenvalue weighted by Gasteiger charge is 1.98. The zero-order chi connectivity index (χ0) is 6.57. The van der Waals surface area contributed by atoms with E-state index in [1.54, 1.807) is 0 Å². The van der Waals surface area contributed by atoms with E-state index in [4.69, 9.17) is 0 Å². The summed E-state index contributed by atoms with van der Waals surface area (Å²) < 4.78 is 43.9. The molecule has 0 saturated carbocycles. The molecule has 0 fully saturated rings. The van der Waals surface area contributed by atoms with E-state index < -0.39 is 18.9 Å². The van der Waals surface area contributed by atoms with Gasteiger partial charge in [0.25, 0.3) is 6.08 Å². The maximum atomic E-state index is 11.0. The Balaban J connectivity index is 3.29. The molecule has 0 unspecified atom stereocenters. The molecular weight excluding hydrogens is 124 g/mol. The quantitative estimate of drug-likeness (QED) is 0.501. The normalized spacial score (nSPS) is 9.62. The van der Waals surface area contributed by atoms with Gasteiger partial charge in [0.1, 0.15) is 0 Å². The first-order valence-electron chi connectivity index (χ1n) is 1.92. The average molecular weight is 128 g/mol. The van der Waals surface area contributed by atoms with Crippen molar-refractivity contribution in [1.82, 2.24) is 0 Å². The van der Waals surface area contributed by atoms with Gasteiger partial charge in [0.05, 0.1) is 0 Å². The highest BCUT2D eigenvalue weighted by molar-refractivity contribution is 4.80. The summed E-state index contributed by atoms with van der Waals surface area (Å²) >= 11 is 0. The minimum atomic E-state index is -2.67. The highest BCUT2D eigenvalue weighted by Crippen LogP contribution is 2.04. The molecule has 0 saturated heterocycles. The van der Waals surface area contributed by atoms with Crippen LogP contribution in [0.5, 0.6) is 0 Å². The third kappa shape index (κ3) is 5.46. The SMILES string of the molecule is FC(F)=CCC(F)F. The number of allylic oxidation sites excluding steroid dienone is 1. The van der Waals surface area contributed by atoms with Crippen LogP contribution in [0.3, 0.4) is 0 Å². The van der Waals surface area contributed by atoms with E-state index in [9.17, 15) is 17.6 Å². The molecule has 8 heavy (non-hydrogen) atoms. The van der Waals surface area contributed by atoms with Gasteiger partial charge in [-0.05, 0) is 6.08 Å². The number of hydrogen-bond acceptors (Lipinski definition) is 0. The molecule has 0 aromatic heterocycles. The Morgan fingerprint density at radius 2 is 1.88 bits per heavy atom. The first-order chi connectivity index (χ1) is 3.63. The van der Waals surface area contributed by atoms with E-state index in [0.717, 1.165) is 0 Å². The van der Waals surface area contributed by atoms with Crippen molar-refractivity contribution < 1.29 is 17.6 Å². The second-order valence-electron chi connectivity index (χ2n) is 1.12. The largest absolute Gasteiger partial charge is 0.266 e. The lowest BCUT2D eigenvalue weighted by Crippen LogP contribution is -1.84. The fourth-order valence-electron chi connectivity index (χ4n) is 0.178. The lowest BCUT2D eigenvalue weighted by molar-refractivity contribution is 0.150. The summed E-state index contributed by atoms with van der Waals surface area (Å²) in [6, 6.07) is 0. The monoisotopic (exact) mass is 128 g/mol. The van der Waals surface area contributed by atoms with Crippen molar-refractivity contribution in [2.75, 3.05) is 0 Å². The summed E-state index contributed by atoms with van der Waals surface area (Å²) in [7, 11) is 0. The Morgan fingerprint density at radius 1 is 1.38 bits per heavy atom. The second-order valence-corrected chi connectivity index (χ2v) is 1.12. The smallest absolute Gasteiger partial charge is 0.210 e. The van der Waals surface area contributed by atoms with Crippen molar-refractivity contribution in [3.05, 3.63) is 12.2 Å². The van der Waals surface area contributed by atoms with Gasteiger partial charge in [0.15, 0.2) is 0 Å². The maximum Gasteiger partial charge on any atom is 0.266 e.